The number of rotatable bonds is 4. The Balaban J connectivity index is 1.47. The van der Waals surface area contributed by atoms with Crippen molar-refractivity contribution in [1.29, 1.82) is 0 Å². The Morgan fingerprint density at radius 2 is 1.90 bits per heavy atom. The highest BCUT2D eigenvalue weighted by molar-refractivity contribution is 5.94. The molecule has 1 saturated heterocycles. The molecule has 4 rings (SSSR count). The van der Waals surface area contributed by atoms with Crippen LogP contribution in [0, 0.1) is 5.41 Å². The predicted molar refractivity (Wildman–Crippen MR) is 122 cm³/mol. The molecule has 2 heterocycles. The fourth-order valence-electron chi connectivity index (χ4n) is 5.10. The lowest BCUT2D eigenvalue weighted by Crippen LogP contribution is -2.46. The van der Waals surface area contributed by atoms with Crippen LogP contribution < -0.4 is 5.32 Å². The van der Waals surface area contributed by atoms with E-state index in [2.05, 4.69) is 60.2 Å². The summed E-state index contributed by atoms with van der Waals surface area (Å²) in [4.78, 5) is 19.5. The summed E-state index contributed by atoms with van der Waals surface area (Å²) in [5.74, 6) is -0.0316. The molecule has 0 saturated carbocycles. The zero-order chi connectivity index (χ0) is 21.2. The van der Waals surface area contributed by atoms with Gasteiger partial charge in [-0.15, -0.1) is 0 Å². The number of likely N-dealkylation sites (tertiary alicyclic amines) is 1. The minimum Gasteiger partial charge on any atom is -0.345 e. The highest BCUT2D eigenvalue weighted by Crippen LogP contribution is 2.48. The van der Waals surface area contributed by atoms with Crippen molar-refractivity contribution in [3.63, 3.8) is 0 Å². The molecule has 1 aliphatic carbocycles. The van der Waals surface area contributed by atoms with Crippen molar-refractivity contribution in [2.75, 3.05) is 19.6 Å². The second-order valence-corrected chi connectivity index (χ2v) is 10.3. The normalized spacial score (nSPS) is 21.2. The van der Waals surface area contributed by atoms with Crippen molar-refractivity contribution in [2.45, 2.75) is 64.3 Å². The smallest absolute Gasteiger partial charge is 0.253 e. The molecule has 1 aromatic heterocycles. The summed E-state index contributed by atoms with van der Waals surface area (Å²) in [7, 11) is 0. The third-order valence-corrected chi connectivity index (χ3v) is 7.04. The van der Waals surface area contributed by atoms with Crippen LogP contribution in [0.2, 0.25) is 0 Å². The highest BCUT2D eigenvalue weighted by atomic mass is 16.1. The van der Waals surface area contributed by atoms with Crippen LogP contribution in [0.15, 0.2) is 48.8 Å². The van der Waals surface area contributed by atoms with Crippen molar-refractivity contribution in [1.82, 2.24) is 15.2 Å². The molecule has 1 fully saturated rings. The first-order chi connectivity index (χ1) is 14.4. The molecule has 4 nitrogen and oxygen atoms in total. The average molecular weight is 406 g/mol. The third-order valence-electron chi connectivity index (χ3n) is 7.04. The molecular weight excluding hydrogens is 370 g/mol. The Bertz CT molecular complexity index is 863. The van der Waals surface area contributed by atoms with Crippen LogP contribution >= 0.6 is 0 Å². The Morgan fingerprint density at radius 1 is 1.13 bits per heavy atom. The number of nitrogens with one attached hydrogen (secondary N) is 1. The van der Waals surface area contributed by atoms with Gasteiger partial charge in [-0.2, -0.15) is 0 Å². The van der Waals surface area contributed by atoms with Gasteiger partial charge in [0.1, 0.15) is 0 Å². The fraction of sp³-hybridized carbons (Fsp3) is 0.538. The van der Waals surface area contributed by atoms with Crippen molar-refractivity contribution < 1.29 is 4.79 Å². The van der Waals surface area contributed by atoms with Crippen LogP contribution in [0.3, 0.4) is 0 Å². The summed E-state index contributed by atoms with van der Waals surface area (Å²) in [5.41, 5.74) is 4.06. The van der Waals surface area contributed by atoms with Crippen molar-refractivity contribution in [3.8, 4) is 0 Å². The Kier molecular flexibility index (Phi) is 5.97. The van der Waals surface area contributed by atoms with Gasteiger partial charge in [-0.05, 0) is 85.8 Å². The van der Waals surface area contributed by atoms with E-state index in [4.69, 9.17) is 0 Å². The quantitative estimate of drug-likeness (QED) is 0.768. The number of carbonyl (C=O) groups excluding carboxylic acids is 1. The molecule has 1 spiro atoms. The van der Waals surface area contributed by atoms with Gasteiger partial charge in [0.2, 0.25) is 0 Å². The molecule has 1 atom stereocenters. The van der Waals surface area contributed by atoms with Gasteiger partial charge in [-0.3, -0.25) is 9.78 Å². The molecule has 1 amide bonds. The first-order valence-electron chi connectivity index (χ1n) is 11.4. The molecule has 4 heteroatoms. The summed E-state index contributed by atoms with van der Waals surface area (Å²) >= 11 is 0. The average Bonchev–Trinajstić information content (AvgIpc) is 2.76. The first-order valence-corrected chi connectivity index (χ1v) is 11.4. The molecule has 2 aliphatic rings. The van der Waals surface area contributed by atoms with E-state index in [1.807, 2.05) is 12.1 Å². The molecular formula is C26H35N3O. The number of carbonyl (C=O) groups is 1. The molecule has 160 valence electrons. The van der Waals surface area contributed by atoms with Crippen LogP contribution in [0.1, 0.15) is 80.4 Å². The van der Waals surface area contributed by atoms with Gasteiger partial charge in [-0.1, -0.05) is 45.0 Å². The van der Waals surface area contributed by atoms with Crippen LogP contribution in [0.5, 0.6) is 0 Å². The van der Waals surface area contributed by atoms with Crippen molar-refractivity contribution >= 4 is 5.91 Å². The molecule has 1 aliphatic heterocycles. The Labute approximate surface area is 181 Å². The second-order valence-electron chi connectivity index (χ2n) is 10.3. The number of fused-ring (bicyclic) bond motifs is 2. The SMILES string of the molecule is CC(C)(C)CCN1CCC2(CC[C@H](NC(=O)c3cccnc3)c3ccccc32)CC1. The first kappa shape index (κ1) is 21.0. The lowest BCUT2D eigenvalue weighted by molar-refractivity contribution is 0.0914. The minimum atomic E-state index is -0.0316. The predicted octanol–water partition coefficient (Wildman–Crippen LogP) is 5.12. The van der Waals surface area contributed by atoms with Gasteiger partial charge >= 0.3 is 0 Å². The van der Waals surface area contributed by atoms with Gasteiger partial charge in [0.25, 0.3) is 5.91 Å². The molecule has 0 radical (unpaired) electrons. The molecule has 30 heavy (non-hydrogen) atoms. The lowest BCUT2D eigenvalue weighted by Gasteiger charge is -2.47. The lowest BCUT2D eigenvalue weighted by atomic mass is 9.63. The molecule has 0 bridgehead atoms. The number of benzene rings is 1. The number of hydrogen-bond acceptors (Lipinski definition) is 3. The van der Waals surface area contributed by atoms with Gasteiger partial charge in [0, 0.05) is 12.4 Å². The maximum atomic E-state index is 12.7. The maximum absolute atomic E-state index is 12.7. The topological polar surface area (TPSA) is 45.2 Å². The number of pyridine rings is 1. The second kappa shape index (κ2) is 8.50. The van der Waals surface area contributed by atoms with E-state index in [0.29, 0.717) is 11.0 Å². The summed E-state index contributed by atoms with van der Waals surface area (Å²) < 4.78 is 0. The zero-order valence-corrected chi connectivity index (χ0v) is 18.7. The molecule has 2 aromatic rings. The third kappa shape index (κ3) is 4.59. The van der Waals surface area contributed by atoms with Crippen molar-refractivity contribution in [2.24, 2.45) is 5.41 Å². The van der Waals surface area contributed by atoms with Gasteiger partial charge in [0.05, 0.1) is 11.6 Å². The van der Waals surface area contributed by atoms with Crippen LogP contribution in [-0.4, -0.2) is 35.4 Å². The summed E-state index contributed by atoms with van der Waals surface area (Å²) in [6.07, 6.45) is 9.18. The van der Waals surface area contributed by atoms with Crippen LogP contribution in [0.4, 0.5) is 0 Å². The van der Waals surface area contributed by atoms with E-state index >= 15 is 0 Å². The Morgan fingerprint density at radius 3 is 2.60 bits per heavy atom. The van der Waals surface area contributed by atoms with Gasteiger partial charge < -0.3 is 10.2 Å². The van der Waals surface area contributed by atoms with E-state index in [1.165, 1.54) is 50.0 Å². The number of hydrogen-bond donors (Lipinski definition) is 1. The summed E-state index contributed by atoms with van der Waals surface area (Å²) in [6, 6.07) is 12.5. The summed E-state index contributed by atoms with van der Waals surface area (Å²) in [6.45, 7) is 10.5. The molecule has 0 unspecified atom stereocenters. The van der Waals surface area contributed by atoms with Gasteiger partial charge in [0.15, 0.2) is 0 Å². The highest BCUT2D eigenvalue weighted by Gasteiger charge is 2.42. The van der Waals surface area contributed by atoms with Gasteiger partial charge in [-0.25, -0.2) is 0 Å². The molecule has 1 N–H and O–H groups in total. The number of nitrogens with zero attached hydrogens (tertiary/aromatic N) is 2. The standard InChI is InChI=1S/C26H35N3O/c1-25(2,3)12-16-29-17-13-26(14-18-29)11-10-23(21-8-4-5-9-22(21)26)28-24(30)20-7-6-15-27-19-20/h4-9,15,19,23H,10-14,16-18H2,1-3H3,(H,28,30)/t23-/m0/s1. The van der Waals surface area contributed by atoms with E-state index in [1.54, 1.807) is 12.4 Å². The van der Waals surface area contributed by atoms with E-state index < -0.39 is 0 Å². The van der Waals surface area contributed by atoms with Crippen LogP contribution in [0.25, 0.3) is 0 Å². The Hall–Kier alpha value is -2.20. The van der Waals surface area contributed by atoms with Crippen molar-refractivity contribution in [3.05, 3.63) is 65.5 Å². The minimum absolute atomic E-state index is 0.0316. The summed E-state index contributed by atoms with van der Waals surface area (Å²) in [5, 5.41) is 3.27. The number of aromatic nitrogens is 1. The largest absolute Gasteiger partial charge is 0.345 e. The van der Waals surface area contributed by atoms with E-state index in [9.17, 15) is 4.79 Å². The number of piperidine rings is 1. The number of amides is 1. The molecule has 1 aromatic carbocycles. The van der Waals surface area contributed by atoms with Crippen LogP contribution in [-0.2, 0) is 5.41 Å². The monoisotopic (exact) mass is 405 g/mol. The fourth-order valence-corrected chi connectivity index (χ4v) is 5.10. The van der Waals surface area contributed by atoms with E-state index in [-0.39, 0.29) is 17.4 Å². The zero-order valence-electron chi connectivity index (χ0n) is 18.7. The maximum Gasteiger partial charge on any atom is 0.253 e. The van der Waals surface area contributed by atoms with E-state index in [0.717, 1.165) is 12.8 Å².